The highest BCUT2D eigenvalue weighted by molar-refractivity contribution is 6.52. The number of para-hydroxylation sites is 2. The van der Waals surface area contributed by atoms with E-state index in [1.54, 1.807) is 42.5 Å². The topological polar surface area (TPSA) is 109 Å². The van der Waals surface area contributed by atoms with Crippen molar-refractivity contribution in [1.29, 1.82) is 0 Å². The third kappa shape index (κ3) is 3.41. The maximum Gasteiger partial charge on any atom is 0.300 e. The average molecular weight is 432 g/mol. The lowest BCUT2D eigenvalue weighted by Gasteiger charge is -2.26. The van der Waals surface area contributed by atoms with Crippen LogP contribution in [0.25, 0.3) is 5.76 Å². The van der Waals surface area contributed by atoms with E-state index in [1.165, 1.54) is 43.6 Å². The highest BCUT2D eigenvalue weighted by Gasteiger charge is 2.47. The van der Waals surface area contributed by atoms with E-state index in [1.807, 2.05) is 0 Å². The molecule has 1 aromatic heterocycles. The minimum absolute atomic E-state index is 0.132. The summed E-state index contributed by atoms with van der Waals surface area (Å²) in [5.41, 5.74) is 0.782. The summed E-state index contributed by atoms with van der Waals surface area (Å²) in [6.07, 6.45) is 3.04. The molecule has 0 spiro atoms. The molecule has 3 aromatic rings. The van der Waals surface area contributed by atoms with Crippen molar-refractivity contribution < 1.29 is 29.3 Å². The summed E-state index contributed by atoms with van der Waals surface area (Å²) in [6, 6.07) is 13.2. The number of amides is 1. The number of Topliss-reactive ketones (excluding diaryl/α,β-unsaturated/α-hetero) is 1. The number of aliphatic hydroxyl groups is 1. The lowest BCUT2D eigenvalue weighted by Crippen LogP contribution is -2.29. The maximum atomic E-state index is 13.1. The Labute approximate surface area is 184 Å². The molecule has 0 aliphatic carbocycles. The number of aromatic nitrogens is 1. The van der Waals surface area contributed by atoms with E-state index >= 15 is 0 Å². The van der Waals surface area contributed by atoms with Crippen LogP contribution >= 0.6 is 0 Å². The van der Waals surface area contributed by atoms with Gasteiger partial charge in [-0.1, -0.05) is 12.1 Å². The van der Waals surface area contributed by atoms with Crippen LogP contribution in [0.5, 0.6) is 17.2 Å². The first-order valence-corrected chi connectivity index (χ1v) is 9.69. The second-order valence-corrected chi connectivity index (χ2v) is 7.00. The fourth-order valence-corrected chi connectivity index (χ4v) is 3.75. The van der Waals surface area contributed by atoms with Crippen molar-refractivity contribution >= 4 is 23.1 Å². The molecule has 2 aromatic carbocycles. The van der Waals surface area contributed by atoms with Crippen molar-refractivity contribution in [2.24, 2.45) is 0 Å². The zero-order chi connectivity index (χ0) is 22.8. The number of phenolic OH excluding ortho intramolecular Hbond substituents is 1. The molecule has 0 radical (unpaired) electrons. The van der Waals surface area contributed by atoms with Crippen LogP contribution in [-0.4, -0.2) is 41.1 Å². The molecule has 1 unspecified atom stereocenters. The second kappa shape index (κ2) is 8.43. The molecule has 32 heavy (non-hydrogen) atoms. The summed E-state index contributed by atoms with van der Waals surface area (Å²) < 4.78 is 10.6. The highest BCUT2D eigenvalue weighted by atomic mass is 16.5. The van der Waals surface area contributed by atoms with Crippen LogP contribution in [0.4, 0.5) is 5.69 Å². The van der Waals surface area contributed by atoms with Gasteiger partial charge in [0.2, 0.25) is 0 Å². The van der Waals surface area contributed by atoms with Gasteiger partial charge in [-0.05, 0) is 42.0 Å². The highest BCUT2D eigenvalue weighted by Crippen LogP contribution is 2.45. The number of ketones is 1. The Morgan fingerprint density at radius 3 is 2.38 bits per heavy atom. The SMILES string of the molecule is COc1ccc(/C(O)=C2/C(=O)C(=O)N(c3ccccc3O)C2c2ccncc2)c(OC)c1. The van der Waals surface area contributed by atoms with E-state index in [0.717, 1.165) is 0 Å². The van der Waals surface area contributed by atoms with Crippen LogP contribution in [0, 0.1) is 0 Å². The van der Waals surface area contributed by atoms with Gasteiger partial charge in [-0.2, -0.15) is 0 Å². The van der Waals surface area contributed by atoms with Crippen LogP contribution in [-0.2, 0) is 9.59 Å². The number of pyridine rings is 1. The Morgan fingerprint density at radius 1 is 1.00 bits per heavy atom. The Hall–Kier alpha value is -4.33. The summed E-state index contributed by atoms with van der Waals surface area (Å²) in [5.74, 6) is -1.56. The normalized spacial score (nSPS) is 17.4. The van der Waals surface area contributed by atoms with E-state index < -0.39 is 23.5 Å². The molecule has 1 atom stereocenters. The van der Waals surface area contributed by atoms with Gasteiger partial charge >= 0.3 is 0 Å². The van der Waals surface area contributed by atoms with Crippen molar-refractivity contribution in [2.75, 3.05) is 19.1 Å². The van der Waals surface area contributed by atoms with E-state index in [4.69, 9.17) is 9.47 Å². The number of hydrogen-bond acceptors (Lipinski definition) is 7. The van der Waals surface area contributed by atoms with E-state index in [-0.39, 0.29) is 28.3 Å². The molecule has 8 heteroatoms. The molecule has 4 rings (SSSR count). The van der Waals surface area contributed by atoms with Gasteiger partial charge in [0.25, 0.3) is 11.7 Å². The summed E-state index contributed by atoms with van der Waals surface area (Å²) >= 11 is 0. The van der Waals surface area contributed by atoms with Crippen LogP contribution in [0.15, 0.2) is 72.6 Å². The summed E-state index contributed by atoms with van der Waals surface area (Å²) in [5, 5.41) is 21.6. The van der Waals surface area contributed by atoms with Gasteiger partial charge in [0.15, 0.2) is 0 Å². The minimum Gasteiger partial charge on any atom is -0.507 e. The van der Waals surface area contributed by atoms with E-state index in [0.29, 0.717) is 11.3 Å². The Morgan fingerprint density at radius 2 is 1.72 bits per heavy atom. The van der Waals surface area contributed by atoms with Crippen molar-refractivity contribution in [3.05, 3.63) is 83.7 Å². The number of hydrogen-bond donors (Lipinski definition) is 2. The van der Waals surface area contributed by atoms with Gasteiger partial charge in [0.1, 0.15) is 23.0 Å². The number of aromatic hydroxyl groups is 1. The summed E-state index contributed by atoms with van der Waals surface area (Å²) in [4.78, 5) is 31.4. The smallest absolute Gasteiger partial charge is 0.300 e. The molecule has 2 heterocycles. The predicted molar refractivity (Wildman–Crippen MR) is 117 cm³/mol. The second-order valence-electron chi connectivity index (χ2n) is 7.00. The molecule has 8 nitrogen and oxygen atoms in total. The number of carbonyl (C=O) groups excluding carboxylic acids is 2. The molecule has 1 saturated heterocycles. The van der Waals surface area contributed by atoms with Crippen LogP contribution in [0.1, 0.15) is 17.2 Å². The van der Waals surface area contributed by atoms with Gasteiger partial charge in [-0.15, -0.1) is 0 Å². The zero-order valence-electron chi connectivity index (χ0n) is 17.4. The van der Waals surface area contributed by atoms with Gasteiger partial charge in [0.05, 0.1) is 37.1 Å². The molecule has 0 saturated carbocycles. The van der Waals surface area contributed by atoms with E-state index in [9.17, 15) is 19.8 Å². The third-order valence-corrected chi connectivity index (χ3v) is 5.27. The number of anilines is 1. The quantitative estimate of drug-likeness (QED) is 0.361. The Bertz CT molecular complexity index is 1220. The van der Waals surface area contributed by atoms with Gasteiger partial charge in [0, 0.05) is 18.5 Å². The molecular formula is C24H20N2O6. The van der Waals surface area contributed by atoms with Gasteiger partial charge < -0.3 is 19.7 Å². The number of aliphatic hydroxyl groups excluding tert-OH is 1. The lowest BCUT2D eigenvalue weighted by molar-refractivity contribution is -0.132. The van der Waals surface area contributed by atoms with Crippen molar-refractivity contribution in [3.63, 3.8) is 0 Å². The summed E-state index contributed by atoms with van der Waals surface area (Å²) in [7, 11) is 2.92. The molecule has 1 aliphatic heterocycles. The number of carbonyl (C=O) groups is 2. The number of phenols is 1. The zero-order valence-corrected chi connectivity index (χ0v) is 17.4. The molecule has 0 bridgehead atoms. The fourth-order valence-electron chi connectivity index (χ4n) is 3.75. The number of methoxy groups -OCH3 is 2. The van der Waals surface area contributed by atoms with Gasteiger partial charge in [-0.25, -0.2) is 0 Å². The first kappa shape index (κ1) is 20.9. The molecule has 1 amide bonds. The van der Waals surface area contributed by atoms with Crippen LogP contribution in [0.3, 0.4) is 0 Å². The maximum absolute atomic E-state index is 13.1. The molecular weight excluding hydrogens is 412 g/mol. The van der Waals surface area contributed by atoms with Crippen LogP contribution < -0.4 is 14.4 Å². The first-order valence-electron chi connectivity index (χ1n) is 9.69. The molecule has 2 N–H and O–H groups in total. The van der Waals surface area contributed by atoms with Gasteiger partial charge in [-0.3, -0.25) is 19.5 Å². The van der Waals surface area contributed by atoms with Crippen molar-refractivity contribution in [3.8, 4) is 17.2 Å². The number of rotatable bonds is 5. The average Bonchev–Trinajstić information content (AvgIpc) is 3.09. The largest absolute Gasteiger partial charge is 0.507 e. The lowest BCUT2D eigenvalue weighted by atomic mass is 9.95. The van der Waals surface area contributed by atoms with Crippen molar-refractivity contribution in [1.82, 2.24) is 4.98 Å². The molecule has 1 fully saturated rings. The predicted octanol–water partition coefficient (Wildman–Crippen LogP) is 3.43. The van der Waals surface area contributed by atoms with E-state index in [2.05, 4.69) is 4.98 Å². The molecule has 162 valence electrons. The third-order valence-electron chi connectivity index (χ3n) is 5.27. The number of nitrogens with zero attached hydrogens (tertiary/aromatic N) is 2. The number of benzene rings is 2. The fraction of sp³-hybridized carbons (Fsp3) is 0.125. The Kier molecular flexibility index (Phi) is 5.51. The standard InChI is InChI=1S/C24H20N2O6/c1-31-15-7-8-16(19(13-15)32-2)22(28)20-21(14-9-11-25-12-10-14)26(24(30)23(20)29)17-5-3-4-6-18(17)27/h3-13,21,27-28H,1-2H3/b22-20-. The minimum atomic E-state index is -0.988. The summed E-state index contributed by atoms with van der Waals surface area (Å²) in [6.45, 7) is 0. The number of ether oxygens (including phenoxy) is 2. The van der Waals surface area contributed by atoms with Crippen molar-refractivity contribution in [2.45, 2.75) is 6.04 Å². The Balaban J connectivity index is 1.97. The first-order chi connectivity index (χ1) is 15.5. The van der Waals surface area contributed by atoms with Crippen LogP contribution in [0.2, 0.25) is 0 Å². The molecule has 1 aliphatic rings. The monoisotopic (exact) mass is 432 g/mol.